The zero-order valence-corrected chi connectivity index (χ0v) is 8.24. The highest BCUT2D eigenvalue weighted by atomic mass is 16.5. The third-order valence-corrected chi connectivity index (χ3v) is 3.34. The second kappa shape index (κ2) is 3.73. The van der Waals surface area contributed by atoms with E-state index in [1.165, 1.54) is 0 Å². The van der Waals surface area contributed by atoms with Crippen LogP contribution in [0.2, 0.25) is 0 Å². The van der Waals surface area contributed by atoms with E-state index in [4.69, 9.17) is 9.84 Å². The van der Waals surface area contributed by atoms with Gasteiger partial charge in [-0.15, -0.1) is 0 Å². The van der Waals surface area contributed by atoms with Gasteiger partial charge in [-0.1, -0.05) is 12.2 Å². The molecule has 0 unspecified atom stereocenters. The van der Waals surface area contributed by atoms with Crippen LogP contribution in [0.5, 0.6) is 0 Å². The lowest BCUT2D eigenvalue weighted by atomic mass is 9.65. The van der Waals surface area contributed by atoms with Gasteiger partial charge < -0.3 is 9.84 Å². The number of hydrogen-bond donors (Lipinski definition) is 1. The van der Waals surface area contributed by atoms with Gasteiger partial charge in [0.25, 0.3) is 0 Å². The number of ether oxygens (including phenoxy) is 1. The van der Waals surface area contributed by atoms with E-state index in [1.807, 2.05) is 6.08 Å². The minimum atomic E-state index is -0.357. The van der Waals surface area contributed by atoms with Gasteiger partial charge in [-0.05, 0) is 31.6 Å². The summed E-state index contributed by atoms with van der Waals surface area (Å²) >= 11 is 0. The van der Waals surface area contributed by atoms with Crippen LogP contribution in [0.15, 0.2) is 12.2 Å². The lowest BCUT2D eigenvalue weighted by Gasteiger charge is -2.39. The fourth-order valence-corrected chi connectivity index (χ4v) is 2.39. The van der Waals surface area contributed by atoms with Crippen molar-refractivity contribution in [3.8, 4) is 0 Å². The highest BCUT2D eigenvalue weighted by Crippen LogP contribution is 2.46. The highest BCUT2D eigenvalue weighted by Gasteiger charge is 2.43. The molecule has 0 aromatic carbocycles. The van der Waals surface area contributed by atoms with Gasteiger partial charge in [0.05, 0.1) is 12.0 Å². The van der Waals surface area contributed by atoms with Gasteiger partial charge in [0.15, 0.2) is 0 Å². The van der Waals surface area contributed by atoms with Gasteiger partial charge in [0.1, 0.15) is 6.61 Å². The second-order valence-corrected chi connectivity index (χ2v) is 4.21. The first kappa shape index (κ1) is 9.71. The number of esters is 1. The minimum Gasteiger partial charge on any atom is -0.463 e. The number of aliphatic hydroxyl groups is 1. The van der Waals surface area contributed by atoms with Crippen LogP contribution in [0.3, 0.4) is 0 Å². The van der Waals surface area contributed by atoms with Crippen molar-refractivity contribution < 1.29 is 14.6 Å². The molecule has 1 saturated carbocycles. The van der Waals surface area contributed by atoms with E-state index in [1.54, 1.807) is 0 Å². The van der Waals surface area contributed by atoms with Crippen LogP contribution in [0, 0.1) is 11.3 Å². The normalized spacial score (nSPS) is 34.5. The van der Waals surface area contributed by atoms with Crippen molar-refractivity contribution in [2.24, 2.45) is 11.3 Å². The van der Waals surface area contributed by atoms with E-state index >= 15 is 0 Å². The molecule has 1 N–H and O–H groups in total. The molecule has 0 amide bonds. The Labute approximate surface area is 83.8 Å². The standard InChI is InChI=1S/C11H16O3/c12-7-8-14-10(13)11-4-1-9(2-5-11)3-6-11/h1,4,9,12H,2-3,5-8H2. The van der Waals surface area contributed by atoms with Gasteiger partial charge in [0.2, 0.25) is 0 Å². The summed E-state index contributed by atoms with van der Waals surface area (Å²) in [6.07, 6.45) is 8.20. The summed E-state index contributed by atoms with van der Waals surface area (Å²) in [4.78, 5) is 11.8. The Morgan fingerprint density at radius 3 is 2.71 bits per heavy atom. The number of carbonyl (C=O) groups excluding carboxylic acids is 1. The molecule has 14 heavy (non-hydrogen) atoms. The third kappa shape index (κ3) is 1.57. The average molecular weight is 196 g/mol. The zero-order valence-electron chi connectivity index (χ0n) is 8.24. The molecule has 0 spiro atoms. The van der Waals surface area contributed by atoms with Crippen molar-refractivity contribution in [2.45, 2.75) is 25.7 Å². The fourth-order valence-electron chi connectivity index (χ4n) is 2.39. The van der Waals surface area contributed by atoms with Crippen molar-refractivity contribution >= 4 is 5.97 Å². The van der Waals surface area contributed by atoms with Crippen LogP contribution in [-0.2, 0) is 9.53 Å². The summed E-state index contributed by atoms with van der Waals surface area (Å²) < 4.78 is 5.01. The third-order valence-electron chi connectivity index (χ3n) is 3.34. The predicted molar refractivity (Wildman–Crippen MR) is 51.6 cm³/mol. The highest BCUT2D eigenvalue weighted by molar-refractivity contribution is 5.79. The first-order valence-corrected chi connectivity index (χ1v) is 5.24. The molecule has 0 aromatic rings. The molecule has 3 aliphatic carbocycles. The summed E-state index contributed by atoms with van der Waals surface area (Å²) in [5.41, 5.74) is -0.357. The smallest absolute Gasteiger partial charge is 0.316 e. The van der Waals surface area contributed by atoms with E-state index < -0.39 is 0 Å². The van der Waals surface area contributed by atoms with Crippen molar-refractivity contribution in [3.05, 3.63) is 12.2 Å². The molecular formula is C11H16O3. The lowest BCUT2D eigenvalue weighted by Crippen LogP contribution is -2.38. The molecule has 2 bridgehead atoms. The van der Waals surface area contributed by atoms with Crippen LogP contribution in [-0.4, -0.2) is 24.3 Å². The molecule has 3 heteroatoms. The van der Waals surface area contributed by atoms with E-state index in [0.29, 0.717) is 5.92 Å². The Hall–Kier alpha value is -0.830. The fraction of sp³-hybridized carbons (Fsp3) is 0.727. The Bertz CT molecular complexity index is 249. The molecule has 3 aliphatic rings. The topological polar surface area (TPSA) is 46.5 Å². The average Bonchev–Trinajstić information content (AvgIpc) is 2.28. The first-order valence-electron chi connectivity index (χ1n) is 5.24. The molecule has 78 valence electrons. The van der Waals surface area contributed by atoms with Crippen LogP contribution < -0.4 is 0 Å². The van der Waals surface area contributed by atoms with Crippen molar-refractivity contribution in [1.82, 2.24) is 0 Å². The van der Waals surface area contributed by atoms with E-state index in [9.17, 15) is 4.79 Å². The largest absolute Gasteiger partial charge is 0.463 e. The molecular weight excluding hydrogens is 180 g/mol. The summed E-state index contributed by atoms with van der Waals surface area (Å²) in [6, 6.07) is 0. The maximum atomic E-state index is 11.8. The molecule has 0 aromatic heterocycles. The monoisotopic (exact) mass is 196 g/mol. The van der Waals surface area contributed by atoms with Crippen LogP contribution in [0.4, 0.5) is 0 Å². The number of allylic oxidation sites excluding steroid dienone is 1. The predicted octanol–water partition coefficient (Wildman–Crippen LogP) is 1.27. The molecule has 0 aliphatic heterocycles. The summed E-state index contributed by atoms with van der Waals surface area (Å²) in [6.45, 7) is 0.0337. The van der Waals surface area contributed by atoms with Gasteiger partial charge in [-0.25, -0.2) is 0 Å². The zero-order chi connectivity index (χ0) is 10.0. The van der Waals surface area contributed by atoms with Crippen molar-refractivity contribution in [2.75, 3.05) is 13.2 Å². The minimum absolute atomic E-state index is 0.0891. The SMILES string of the molecule is O=C(OCCO)C12C=CC(CC1)CC2. The van der Waals surface area contributed by atoms with Crippen LogP contribution in [0.25, 0.3) is 0 Å². The van der Waals surface area contributed by atoms with E-state index in [0.717, 1.165) is 25.7 Å². The van der Waals surface area contributed by atoms with Gasteiger partial charge >= 0.3 is 5.97 Å². The van der Waals surface area contributed by atoms with Gasteiger partial charge in [-0.2, -0.15) is 0 Å². The Balaban J connectivity index is 2.04. The molecule has 0 atom stereocenters. The number of aliphatic hydroxyl groups excluding tert-OH is 1. The van der Waals surface area contributed by atoms with E-state index in [2.05, 4.69) is 6.08 Å². The number of hydrogen-bond acceptors (Lipinski definition) is 3. The summed E-state index contributed by atoms with van der Waals surface area (Å²) in [5, 5.41) is 8.58. The lowest BCUT2D eigenvalue weighted by molar-refractivity contribution is -0.156. The van der Waals surface area contributed by atoms with Crippen molar-refractivity contribution in [1.29, 1.82) is 0 Å². The quantitative estimate of drug-likeness (QED) is 0.546. The Morgan fingerprint density at radius 2 is 2.21 bits per heavy atom. The van der Waals surface area contributed by atoms with Gasteiger partial charge in [-0.3, -0.25) is 4.79 Å². The Kier molecular flexibility index (Phi) is 2.59. The molecule has 1 fully saturated rings. The first-order chi connectivity index (χ1) is 6.77. The second-order valence-electron chi connectivity index (χ2n) is 4.21. The van der Waals surface area contributed by atoms with E-state index in [-0.39, 0.29) is 24.6 Å². The number of rotatable bonds is 3. The maximum Gasteiger partial charge on any atom is 0.316 e. The number of carbonyl (C=O) groups is 1. The molecule has 3 rings (SSSR count). The molecule has 0 heterocycles. The number of fused-ring (bicyclic) bond motifs is 2. The van der Waals surface area contributed by atoms with Crippen LogP contribution >= 0.6 is 0 Å². The molecule has 0 saturated heterocycles. The Morgan fingerprint density at radius 1 is 1.50 bits per heavy atom. The van der Waals surface area contributed by atoms with Gasteiger partial charge in [0, 0.05) is 0 Å². The maximum absolute atomic E-state index is 11.8. The van der Waals surface area contributed by atoms with Crippen LogP contribution in [0.1, 0.15) is 25.7 Å². The summed E-state index contributed by atoms with van der Waals surface area (Å²) in [7, 11) is 0. The summed E-state index contributed by atoms with van der Waals surface area (Å²) in [5.74, 6) is 0.531. The van der Waals surface area contributed by atoms with Crippen molar-refractivity contribution in [3.63, 3.8) is 0 Å². The molecule has 0 radical (unpaired) electrons. The molecule has 3 nitrogen and oxygen atoms in total.